The molecule has 0 radical (unpaired) electrons. The lowest BCUT2D eigenvalue weighted by molar-refractivity contribution is 0.102. The van der Waals surface area contributed by atoms with Gasteiger partial charge in [-0.15, -0.1) is 22.9 Å². The lowest BCUT2D eigenvalue weighted by Gasteiger charge is -1.89. The van der Waals surface area contributed by atoms with Crippen LogP contribution in [0.1, 0.15) is 9.67 Å². The Morgan fingerprint density at radius 1 is 1.55 bits per heavy atom. The van der Waals surface area contributed by atoms with E-state index in [1.165, 1.54) is 6.07 Å². The molecule has 0 aromatic carbocycles. The maximum atomic E-state index is 11.0. The highest BCUT2D eigenvalue weighted by molar-refractivity contribution is 7.18. The summed E-state index contributed by atoms with van der Waals surface area (Å²) in [6.45, 7) is 0. The van der Waals surface area contributed by atoms with E-state index in [0.717, 1.165) is 11.3 Å². The molecule has 60 valence electrons. The topological polar surface area (TPSA) is 17.1 Å². The molecule has 0 fully saturated rings. The minimum Gasteiger partial charge on any atom is -0.292 e. The van der Waals surface area contributed by atoms with Crippen molar-refractivity contribution in [3.05, 3.63) is 20.3 Å². The monoisotopic (exact) mass is 228 g/mol. The third-order valence-electron chi connectivity index (χ3n) is 1.03. The van der Waals surface area contributed by atoms with E-state index >= 15 is 0 Å². The van der Waals surface area contributed by atoms with Crippen LogP contribution in [0.5, 0.6) is 0 Å². The maximum absolute atomic E-state index is 11.0. The first kappa shape index (κ1) is 9.33. The molecule has 1 heterocycles. The standard InChI is InChI=1S/C6H3Cl3OS/c7-2-4(10)6-3(8)1-5(9)11-6/h1H,2H2. The number of ketones is 1. The molecule has 1 aromatic heterocycles. The molecule has 0 unspecified atom stereocenters. The van der Waals surface area contributed by atoms with Gasteiger partial charge in [0.05, 0.1) is 20.1 Å². The van der Waals surface area contributed by atoms with Gasteiger partial charge in [0.25, 0.3) is 0 Å². The molecule has 0 atom stereocenters. The predicted octanol–water partition coefficient (Wildman–Crippen LogP) is 3.48. The van der Waals surface area contributed by atoms with Crippen LogP contribution in [0.15, 0.2) is 6.07 Å². The van der Waals surface area contributed by atoms with Crippen molar-refractivity contribution in [1.82, 2.24) is 0 Å². The van der Waals surface area contributed by atoms with Gasteiger partial charge < -0.3 is 0 Å². The summed E-state index contributed by atoms with van der Waals surface area (Å²) in [4.78, 5) is 11.4. The van der Waals surface area contributed by atoms with Gasteiger partial charge in [-0.3, -0.25) is 4.79 Å². The third kappa shape index (κ3) is 2.09. The third-order valence-corrected chi connectivity index (χ3v) is 2.99. The number of Topliss-reactive ketones (excluding diaryl/α,β-unsaturated/α-hetero) is 1. The Bertz CT molecular complexity index is 281. The number of halogens is 3. The minimum atomic E-state index is -0.187. The summed E-state index contributed by atoms with van der Waals surface area (Å²) >= 11 is 17.7. The first-order chi connectivity index (χ1) is 5.15. The molecule has 0 bridgehead atoms. The maximum Gasteiger partial charge on any atom is 0.189 e. The molecule has 1 rings (SSSR count). The van der Waals surface area contributed by atoms with Gasteiger partial charge in [-0.05, 0) is 6.07 Å². The Morgan fingerprint density at radius 2 is 2.18 bits per heavy atom. The number of carbonyl (C=O) groups is 1. The first-order valence-electron chi connectivity index (χ1n) is 2.69. The van der Waals surface area contributed by atoms with Crippen molar-refractivity contribution in [2.45, 2.75) is 0 Å². The van der Waals surface area contributed by atoms with Gasteiger partial charge in [-0.25, -0.2) is 0 Å². The van der Waals surface area contributed by atoms with Crippen molar-refractivity contribution < 1.29 is 4.79 Å². The van der Waals surface area contributed by atoms with Crippen molar-refractivity contribution in [3.63, 3.8) is 0 Å². The van der Waals surface area contributed by atoms with Crippen LogP contribution in [0.25, 0.3) is 0 Å². The van der Waals surface area contributed by atoms with Gasteiger partial charge in [0.1, 0.15) is 0 Å². The highest BCUT2D eigenvalue weighted by Gasteiger charge is 2.12. The van der Waals surface area contributed by atoms with Crippen LogP contribution < -0.4 is 0 Å². The van der Waals surface area contributed by atoms with Crippen molar-refractivity contribution in [2.75, 3.05) is 5.88 Å². The summed E-state index contributed by atoms with van der Waals surface area (Å²) in [5.41, 5.74) is 0. The average Bonchev–Trinajstić information content (AvgIpc) is 2.28. The van der Waals surface area contributed by atoms with Crippen molar-refractivity contribution in [2.24, 2.45) is 0 Å². The largest absolute Gasteiger partial charge is 0.292 e. The molecule has 1 aromatic rings. The molecular weight excluding hydrogens is 226 g/mol. The van der Waals surface area contributed by atoms with E-state index in [0.29, 0.717) is 14.2 Å². The molecule has 11 heavy (non-hydrogen) atoms. The number of alkyl halides is 1. The zero-order valence-electron chi connectivity index (χ0n) is 5.23. The van der Waals surface area contributed by atoms with Gasteiger partial charge in [0.2, 0.25) is 0 Å². The van der Waals surface area contributed by atoms with E-state index in [1.807, 2.05) is 0 Å². The van der Waals surface area contributed by atoms with E-state index in [1.54, 1.807) is 0 Å². The van der Waals surface area contributed by atoms with Gasteiger partial charge in [-0.2, -0.15) is 0 Å². The van der Waals surface area contributed by atoms with Crippen LogP contribution >= 0.6 is 46.1 Å². The molecule has 0 aliphatic carbocycles. The number of rotatable bonds is 2. The summed E-state index contributed by atoms with van der Waals surface area (Å²) < 4.78 is 0.503. The van der Waals surface area contributed by atoms with Crippen molar-refractivity contribution in [1.29, 1.82) is 0 Å². The van der Waals surface area contributed by atoms with E-state index in [4.69, 9.17) is 34.8 Å². The van der Waals surface area contributed by atoms with Crippen LogP contribution in [0, 0.1) is 0 Å². The molecule has 1 nitrogen and oxygen atoms in total. The molecule has 0 aliphatic heterocycles. The molecule has 0 saturated heterocycles. The first-order valence-corrected chi connectivity index (χ1v) is 4.80. The molecule has 0 spiro atoms. The Kier molecular flexibility index (Phi) is 3.19. The highest BCUT2D eigenvalue weighted by Crippen LogP contribution is 2.30. The van der Waals surface area contributed by atoms with E-state index in [2.05, 4.69) is 0 Å². The Labute approximate surface area is 82.9 Å². The normalized spacial score (nSPS) is 10.1. The number of hydrogen-bond donors (Lipinski definition) is 0. The van der Waals surface area contributed by atoms with Crippen LogP contribution in [-0.2, 0) is 0 Å². The van der Waals surface area contributed by atoms with Crippen molar-refractivity contribution >= 4 is 51.9 Å². The second-order valence-corrected chi connectivity index (χ2v) is 4.14. The van der Waals surface area contributed by atoms with Crippen molar-refractivity contribution in [3.8, 4) is 0 Å². The van der Waals surface area contributed by atoms with Crippen LogP contribution in [0.2, 0.25) is 9.36 Å². The lowest BCUT2D eigenvalue weighted by atomic mass is 10.3. The molecule has 0 aliphatic rings. The highest BCUT2D eigenvalue weighted by atomic mass is 35.5. The fourth-order valence-electron chi connectivity index (χ4n) is 0.592. The fourth-order valence-corrected chi connectivity index (χ4v) is 2.31. The predicted molar refractivity (Wildman–Crippen MR) is 49.4 cm³/mol. The zero-order valence-corrected chi connectivity index (χ0v) is 8.32. The quantitative estimate of drug-likeness (QED) is 0.560. The van der Waals surface area contributed by atoms with Crippen LogP contribution in [0.3, 0.4) is 0 Å². The van der Waals surface area contributed by atoms with Gasteiger partial charge in [0, 0.05) is 0 Å². The van der Waals surface area contributed by atoms with E-state index < -0.39 is 0 Å². The Hall–Kier alpha value is 0.240. The fraction of sp³-hybridized carbons (Fsp3) is 0.167. The second-order valence-electron chi connectivity index (χ2n) is 1.78. The molecule has 0 N–H and O–H groups in total. The summed E-state index contributed by atoms with van der Waals surface area (Å²) in [5.74, 6) is -0.245. The number of thiophene rings is 1. The number of carbonyl (C=O) groups excluding carboxylic acids is 1. The summed E-state index contributed by atoms with van der Waals surface area (Å²) in [7, 11) is 0. The average molecular weight is 230 g/mol. The van der Waals surface area contributed by atoms with E-state index in [-0.39, 0.29) is 11.7 Å². The summed E-state index contributed by atoms with van der Waals surface area (Å²) in [5, 5.41) is 0.380. The summed E-state index contributed by atoms with van der Waals surface area (Å²) in [6.07, 6.45) is 0. The number of hydrogen-bond acceptors (Lipinski definition) is 2. The second kappa shape index (κ2) is 3.76. The SMILES string of the molecule is O=C(CCl)c1sc(Cl)cc1Cl. The molecule has 0 saturated carbocycles. The van der Waals surface area contributed by atoms with Gasteiger partial charge in [-0.1, -0.05) is 23.2 Å². The zero-order chi connectivity index (χ0) is 8.43. The Balaban J connectivity index is 3.03. The molecule has 0 amide bonds. The molecular formula is C6H3Cl3OS. The lowest BCUT2D eigenvalue weighted by Crippen LogP contribution is -1.96. The van der Waals surface area contributed by atoms with E-state index in [9.17, 15) is 4.79 Å². The Morgan fingerprint density at radius 3 is 2.55 bits per heavy atom. The molecule has 5 heteroatoms. The van der Waals surface area contributed by atoms with Gasteiger partial charge in [0.15, 0.2) is 5.78 Å². The van der Waals surface area contributed by atoms with Gasteiger partial charge >= 0.3 is 0 Å². The van der Waals surface area contributed by atoms with Crippen LogP contribution in [-0.4, -0.2) is 11.7 Å². The smallest absolute Gasteiger partial charge is 0.189 e. The van der Waals surface area contributed by atoms with Crippen LogP contribution in [0.4, 0.5) is 0 Å². The minimum absolute atomic E-state index is 0.0590. The summed E-state index contributed by atoms with van der Waals surface area (Å²) in [6, 6.07) is 1.54.